The quantitative estimate of drug-likeness (QED) is 0.632. The topological polar surface area (TPSA) is 55.4 Å². The van der Waals surface area contributed by atoms with Crippen LogP contribution in [0.2, 0.25) is 0 Å². The second-order valence-electron chi connectivity index (χ2n) is 9.28. The Balaban J connectivity index is 1.80. The van der Waals surface area contributed by atoms with E-state index in [9.17, 15) is 14.0 Å². The van der Waals surface area contributed by atoms with Crippen molar-refractivity contribution in [2.75, 3.05) is 6.61 Å². The van der Waals surface area contributed by atoms with E-state index in [0.29, 0.717) is 17.6 Å². The van der Waals surface area contributed by atoms with Crippen molar-refractivity contribution < 1.29 is 18.7 Å². The van der Waals surface area contributed by atoms with E-state index < -0.39 is 11.9 Å². The first-order chi connectivity index (χ1) is 15.2. The van der Waals surface area contributed by atoms with Gasteiger partial charge in [0.25, 0.3) is 0 Å². The lowest BCUT2D eigenvalue weighted by Gasteiger charge is -2.39. The molecule has 2 aliphatic rings. The summed E-state index contributed by atoms with van der Waals surface area (Å²) in [6, 6.07) is 14.1. The normalized spacial score (nSPS) is 20.0. The Morgan fingerprint density at radius 1 is 1.06 bits per heavy atom. The summed E-state index contributed by atoms with van der Waals surface area (Å²) in [5, 5.41) is 3.34. The van der Waals surface area contributed by atoms with Gasteiger partial charge in [-0.1, -0.05) is 50.2 Å². The standard InChI is InChI=1S/C27H28FNO3/c1-5-32-26(31)23-16(2)29-21-14-27(3,4)15-22(30)25(21)24(23)19-8-6-17(7-9-19)18-10-12-20(28)13-11-18/h6-13,24,29H,5,14-15H2,1-4H3. The van der Waals surface area contributed by atoms with Gasteiger partial charge in [0.05, 0.1) is 12.2 Å². The Morgan fingerprint density at radius 3 is 2.25 bits per heavy atom. The highest BCUT2D eigenvalue weighted by Crippen LogP contribution is 2.47. The lowest BCUT2D eigenvalue weighted by atomic mass is 9.68. The van der Waals surface area contributed by atoms with E-state index >= 15 is 0 Å². The number of Topliss-reactive ketones (excluding diaryl/α,β-unsaturated/α-hetero) is 1. The molecule has 2 aromatic rings. The summed E-state index contributed by atoms with van der Waals surface area (Å²) >= 11 is 0. The number of ketones is 1. The molecule has 0 saturated carbocycles. The highest BCUT2D eigenvalue weighted by Gasteiger charge is 2.43. The molecule has 0 radical (unpaired) electrons. The molecule has 32 heavy (non-hydrogen) atoms. The minimum Gasteiger partial charge on any atom is -0.463 e. The smallest absolute Gasteiger partial charge is 0.336 e. The summed E-state index contributed by atoms with van der Waals surface area (Å²) in [4.78, 5) is 26.2. The van der Waals surface area contributed by atoms with Crippen LogP contribution in [0.3, 0.4) is 0 Å². The summed E-state index contributed by atoms with van der Waals surface area (Å²) in [6.07, 6.45) is 1.18. The first-order valence-electron chi connectivity index (χ1n) is 11.0. The van der Waals surface area contributed by atoms with Gasteiger partial charge in [-0.05, 0) is 54.5 Å². The first kappa shape index (κ1) is 22.0. The third kappa shape index (κ3) is 4.12. The van der Waals surface area contributed by atoms with Crippen LogP contribution in [0, 0.1) is 11.2 Å². The Hall–Kier alpha value is -3.21. The average Bonchev–Trinajstić information content (AvgIpc) is 2.72. The zero-order chi connectivity index (χ0) is 23.0. The van der Waals surface area contributed by atoms with Crippen molar-refractivity contribution in [1.82, 2.24) is 5.32 Å². The van der Waals surface area contributed by atoms with Crippen molar-refractivity contribution >= 4 is 11.8 Å². The Labute approximate surface area is 188 Å². The van der Waals surface area contributed by atoms with Crippen LogP contribution in [0.5, 0.6) is 0 Å². The largest absolute Gasteiger partial charge is 0.463 e. The summed E-state index contributed by atoms with van der Waals surface area (Å²) in [5.41, 5.74) is 5.31. The van der Waals surface area contributed by atoms with Gasteiger partial charge in [0, 0.05) is 29.3 Å². The van der Waals surface area contributed by atoms with Crippen molar-refractivity contribution in [1.29, 1.82) is 0 Å². The molecule has 4 nitrogen and oxygen atoms in total. The van der Waals surface area contributed by atoms with Crippen molar-refractivity contribution in [3.63, 3.8) is 0 Å². The third-order valence-corrected chi connectivity index (χ3v) is 6.16. The third-order valence-electron chi connectivity index (χ3n) is 6.16. The number of allylic oxidation sites excluding steroid dienone is 3. The molecule has 1 N–H and O–H groups in total. The number of hydrogen-bond acceptors (Lipinski definition) is 4. The van der Waals surface area contributed by atoms with Crippen LogP contribution in [0.1, 0.15) is 52.0 Å². The molecule has 0 aromatic heterocycles. The van der Waals surface area contributed by atoms with Crippen molar-refractivity contribution in [3.05, 3.63) is 82.5 Å². The molecule has 0 fully saturated rings. The number of hydrogen-bond donors (Lipinski definition) is 1. The van der Waals surface area contributed by atoms with Crippen molar-refractivity contribution in [2.45, 2.75) is 46.5 Å². The number of nitrogens with one attached hydrogen (secondary N) is 1. The second-order valence-corrected chi connectivity index (χ2v) is 9.28. The van der Waals surface area contributed by atoms with Gasteiger partial charge in [-0.3, -0.25) is 4.79 Å². The zero-order valence-corrected chi connectivity index (χ0v) is 18.9. The maximum Gasteiger partial charge on any atom is 0.336 e. The van der Waals surface area contributed by atoms with Gasteiger partial charge in [-0.25, -0.2) is 9.18 Å². The number of esters is 1. The summed E-state index contributed by atoms with van der Waals surface area (Å²) in [6.45, 7) is 8.07. The molecular formula is C27H28FNO3. The fraction of sp³-hybridized carbons (Fsp3) is 0.333. The van der Waals surface area contributed by atoms with E-state index in [2.05, 4.69) is 19.2 Å². The number of carbonyl (C=O) groups excluding carboxylic acids is 2. The summed E-state index contributed by atoms with van der Waals surface area (Å²) in [7, 11) is 0. The van der Waals surface area contributed by atoms with Gasteiger partial charge in [0.2, 0.25) is 0 Å². The first-order valence-corrected chi connectivity index (χ1v) is 11.0. The Bertz CT molecular complexity index is 1120. The van der Waals surface area contributed by atoms with E-state index in [4.69, 9.17) is 4.74 Å². The van der Waals surface area contributed by atoms with Gasteiger partial charge >= 0.3 is 5.97 Å². The number of carbonyl (C=O) groups is 2. The molecule has 1 heterocycles. The van der Waals surface area contributed by atoms with Gasteiger partial charge in [-0.2, -0.15) is 0 Å². The minimum absolute atomic E-state index is 0.0608. The van der Waals surface area contributed by atoms with Crippen LogP contribution in [0.15, 0.2) is 71.1 Å². The second kappa shape index (κ2) is 8.38. The molecule has 0 saturated heterocycles. The summed E-state index contributed by atoms with van der Waals surface area (Å²) < 4.78 is 18.6. The molecule has 1 unspecified atom stereocenters. The number of benzene rings is 2. The fourth-order valence-electron chi connectivity index (χ4n) is 4.76. The molecule has 1 atom stereocenters. The molecular weight excluding hydrogens is 405 g/mol. The molecule has 0 bridgehead atoms. The lowest BCUT2D eigenvalue weighted by molar-refractivity contribution is -0.138. The molecule has 2 aromatic carbocycles. The van der Waals surface area contributed by atoms with Crippen LogP contribution >= 0.6 is 0 Å². The monoisotopic (exact) mass is 433 g/mol. The minimum atomic E-state index is -0.476. The van der Waals surface area contributed by atoms with Crippen LogP contribution in [0.4, 0.5) is 4.39 Å². The number of rotatable bonds is 4. The summed E-state index contributed by atoms with van der Waals surface area (Å²) in [5.74, 6) is -1.10. The fourth-order valence-corrected chi connectivity index (χ4v) is 4.76. The number of halogens is 1. The van der Waals surface area contributed by atoms with Crippen LogP contribution in [-0.2, 0) is 14.3 Å². The predicted octanol–water partition coefficient (Wildman–Crippen LogP) is 5.66. The highest BCUT2D eigenvalue weighted by molar-refractivity contribution is 6.04. The van der Waals surface area contributed by atoms with E-state index in [-0.39, 0.29) is 23.6 Å². The Kier molecular flexibility index (Phi) is 5.76. The SMILES string of the molecule is CCOC(=O)C1=C(C)NC2=C(C(=O)CC(C)(C)C2)C1c1ccc(-c2ccc(F)cc2)cc1. The maximum atomic E-state index is 13.3. The molecule has 5 heteroatoms. The molecule has 4 rings (SSSR count). The van der Waals surface area contributed by atoms with Crippen molar-refractivity contribution in [2.24, 2.45) is 5.41 Å². The maximum absolute atomic E-state index is 13.3. The van der Waals surface area contributed by atoms with Crippen LogP contribution in [-0.4, -0.2) is 18.4 Å². The van der Waals surface area contributed by atoms with Crippen LogP contribution in [0.25, 0.3) is 11.1 Å². The molecule has 0 amide bonds. The average molecular weight is 434 g/mol. The number of ether oxygens (including phenoxy) is 1. The van der Waals surface area contributed by atoms with Gasteiger partial charge < -0.3 is 10.1 Å². The van der Waals surface area contributed by atoms with E-state index in [0.717, 1.165) is 34.5 Å². The molecule has 1 aliphatic heterocycles. The van der Waals surface area contributed by atoms with Gasteiger partial charge in [0.1, 0.15) is 5.82 Å². The van der Waals surface area contributed by atoms with Crippen molar-refractivity contribution in [3.8, 4) is 11.1 Å². The van der Waals surface area contributed by atoms with E-state index in [1.807, 2.05) is 31.2 Å². The van der Waals surface area contributed by atoms with Gasteiger partial charge in [-0.15, -0.1) is 0 Å². The lowest BCUT2D eigenvalue weighted by Crippen LogP contribution is -2.38. The highest BCUT2D eigenvalue weighted by atomic mass is 19.1. The van der Waals surface area contributed by atoms with E-state index in [1.165, 1.54) is 12.1 Å². The predicted molar refractivity (Wildman–Crippen MR) is 122 cm³/mol. The Morgan fingerprint density at radius 2 is 1.66 bits per heavy atom. The number of dihydropyridines is 1. The molecule has 166 valence electrons. The van der Waals surface area contributed by atoms with Crippen LogP contribution < -0.4 is 5.32 Å². The van der Waals surface area contributed by atoms with E-state index in [1.54, 1.807) is 19.1 Å². The molecule has 1 aliphatic carbocycles. The zero-order valence-electron chi connectivity index (χ0n) is 18.9. The van der Waals surface area contributed by atoms with Gasteiger partial charge in [0.15, 0.2) is 5.78 Å². The molecule has 0 spiro atoms.